The van der Waals surface area contributed by atoms with Gasteiger partial charge in [-0.25, -0.2) is 0 Å². The Balaban J connectivity index is 3.07. The van der Waals surface area contributed by atoms with Crippen LogP contribution in [0.2, 0.25) is 0 Å². The van der Waals surface area contributed by atoms with Gasteiger partial charge in [0.2, 0.25) is 0 Å². The maximum atomic E-state index is 12.0. The Morgan fingerprint density at radius 3 is 2.31 bits per heavy atom. The topological polar surface area (TPSA) is 43.4 Å². The number of hydrogen-bond acceptors (Lipinski definition) is 3. The van der Waals surface area contributed by atoms with Crippen LogP contribution in [-0.2, 0) is 10.1 Å². The summed E-state index contributed by atoms with van der Waals surface area (Å²) in [6.45, 7) is 1.73. The summed E-state index contributed by atoms with van der Waals surface area (Å²) < 4.78 is 61.7. The van der Waals surface area contributed by atoms with Crippen LogP contribution in [0.4, 0.5) is 13.2 Å². The minimum Gasteiger partial charge on any atom is -0.375 e. The smallest absolute Gasteiger partial charge is 0.375 e. The minimum atomic E-state index is -5.59. The summed E-state index contributed by atoms with van der Waals surface area (Å²) in [5.74, 6) is -0.330. The lowest BCUT2D eigenvalue weighted by Gasteiger charge is -2.10. The number of halogens is 4. The van der Waals surface area contributed by atoms with Crippen LogP contribution in [0.5, 0.6) is 5.75 Å². The van der Waals surface area contributed by atoms with E-state index in [1.165, 1.54) is 18.2 Å². The number of rotatable bonds is 2. The van der Waals surface area contributed by atoms with Gasteiger partial charge in [0.15, 0.2) is 5.75 Å². The molecule has 1 aromatic carbocycles. The molecule has 0 radical (unpaired) electrons. The Labute approximate surface area is 104 Å². The maximum absolute atomic E-state index is 12.0. The van der Waals surface area contributed by atoms with E-state index >= 15 is 0 Å². The summed E-state index contributed by atoms with van der Waals surface area (Å²) in [7, 11) is -5.59. The first-order chi connectivity index (χ1) is 7.13. The van der Waals surface area contributed by atoms with Crippen LogP contribution in [-0.4, -0.2) is 13.9 Å². The first-order valence-electron chi connectivity index (χ1n) is 3.90. The lowest BCUT2D eigenvalue weighted by atomic mass is 10.2. The average Bonchev–Trinajstić information content (AvgIpc) is 2.08. The van der Waals surface area contributed by atoms with Crippen LogP contribution in [0, 0.1) is 10.5 Å². The summed E-state index contributed by atoms with van der Waals surface area (Å²) in [5.41, 5.74) is -4.62. The average molecular weight is 366 g/mol. The summed E-state index contributed by atoms with van der Waals surface area (Å²) in [6, 6.07) is 4.16. The summed E-state index contributed by atoms with van der Waals surface area (Å²) in [6.07, 6.45) is 0. The fraction of sp³-hybridized carbons (Fsp3) is 0.250. The van der Waals surface area contributed by atoms with Gasteiger partial charge in [-0.05, 0) is 47.2 Å². The molecular weight excluding hydrogens is 360 g/mol. The van der Waals surface area contributed by atoms with E-state index in [1.807, 2.05) is 0 Å². The second-order valence-electron chi connectivity index (χ2n) is 2.92. The fourth-order valence-corrected chi connectivity index (χ4v) is 2.25. The number of alkyl halides is 3. The molecule has 0 unspecified atom stereocenters. The zero-order chi connectivity index (χ0) is 12.6. The Morgan fingerprint density at radius 2 is 1.88 bits per heavy atom. The highest BCUT2D eigenvalue weighted by Crippen LogP contribution is 2.29. The first-order valence-corrected chi connectivity index (χ1v) is 6.39. The van der Waals surface area contributed by atoms with Gasteiger partial charge < -0.3 is 4.18 Å². The molecule has 0 spiro atoms. The van der Waals surface area contributed by atoms with Crippen LogP contribution >= 0.6 is 22.6 Å². The van der Waals surface area contributed by atoms with E-state index in [1.54, 1.807) is 29.5 Å². The van der Waals surface area contributed by atoms with Crippen LogP contribution < -0.4 is 4.18 Å². The number of hydrogen-bond donors (Lipinski definition) is 0. The Kier molecular flexibility index (Phi) is 3.72. The van der Waals surface area contributed by atoms with Crippen LogP contribution in [0.25, 0.3) is 0 Å². The van der Waals surface area contributed by atoms with Crippen molar-refractivity contribution in [2.45, 2.75) is 12.4 Å². The van der Waals surface area contributed by atoms with Crippen molar-refractivity contribution in [2.75, 3.05) is 0 Å². The molecule has 1 aromatic rings. The third kappa shape index (κ3) is 3.00. The van der Waals surface area contributed by atoms with Crippen molar-refractivity contribution in [3.8, 4) is 5.75 Å². The van der Waals surface area contributed by atoms with Gasteiger partial charge in [-0.2, -0.15) is 21.6 Å². The van der Waals surface area contributed by atoms with Crippen molar-refractivity contribution in [3.05, 3.63) is 27.3 Å². The van der Waals surface area contributed by atoms with Crippen LogP contribution in [0.15, 0.2) is 18.2 Å². The van der Waals surface area contributed by atoms with Crippen molar-refractivity contribution in [2.24, 2.45) is 0 Å². The molecule has 0 aliphatic carbocycles. The standard InChI is InChI=1S/C8H6F3IO3S/c1-5-2-3-7(6(12)4-5)15-16(13,14)8(9,10)11/h2-4H,1H3. The van der Waals surface area contributed by atoms with E-state index in [0.29, 0.717) is 3.57 Å². The van der Waals surface area contributed by atoms with Gasteiger partial charge in [0.05, 0.1) is 3.57 Å². The number of benzene rings is 1. The molecule has 0 amide bonds. The van der Waals surface area contributed by atoms with Crippen molar-refractivity contribution >= 4 is 32.7 Å². The highest BCUT2D eigenvalue weighted by molar-refractivity contribution is 14.1. The molecule has 0 aromatic heterocycles. The second kappa shape index (κ2) is 4.40. The minimum absolute atomic E-state index is 0.297. The van der Waals surface area contributed by atoms with E-state index in [4.69, 9.17) is 0 Å². The van der Waals surface area contributed by atoms with Crippen LogP contribution in [0.3, 0.4) is 0 Å². The summed E-state index contributed by atoms with van der Waals surface area (Å²) in [4.78, 5) is 0. The Bertz CT molecular complexity index is 496. The summed E-state index contributed by atoms with van der Waals surface area (Å²) in [5, 5.41) is 0. The molecule has 90 valence electrons. The third-order valence-corrected chi connectivity index (χ3v) is 3.38. The van der Waals surface area contributed by atoms with Crippen LogP contribution in [0.1, 0.15) is 5.56 Å². The molecule has 1 rings (SSSR count). The highest BCUT2D eigenvalue weighted by Gasteiger charge is 2.48. The van der Waals surface area contributed by atoms with E-state index in [0.717, 1.165) is 5.56 Å². The Hall–Kier alpha value is -0.510. The number of aryl methyl sites for hydroxylation is 1. The molecule has 0 heterocycles. The van der Waals surface area contributed by atoms with Crippen molar-refractivity contribution < 1.29 is 25.8 Å². The molecule has 0 N–H and O–H groups in total. The van der Waals surface area contributed by atoms with Crippen molar-refractivity contribution in [3.63, 3.8) is 0 Å². The van der Waals surface area contributed by atoms with Gasteiger partial charge in [-0.15, -0.1) is 0 Å². The predicted molar refractivity (Wildman–Crippen MR) is 59.5 cm³/mol. The first kappa shape index (κ1) is 13.6. The fourth-order valence-electron chi connectivity index (χ4n) is 0.839. The van der Waals surface area contributed by atoms with Gasteiger partial charge in [0.25, 0.3) is 0 Å². The quantitative estimate of drug-likeness (QED) is 0.459. The van der Waals surface area contributed by atoms with Gasteiger partial charge in [0, 0.05) is 0 Å². The van der Waals surface area contributed by atoms with Gasteiger partial charge >= 0.3 is 15.6 Å². The molecule has 16 heavy (non-hydrogen) atoms. The lowest BCUT2D eigenvalue weighted by molar-refractivity contribution is -0.0500. The Morgan fingerprint density at radius 1 is 1.31 bits per heavy atom. The monoisotopic (exact) mass is 366 g/mol. The molecule has 8 heteroatoms. The second-order valence-corrected chi connectivity index (χ2v) is 5.62. The highest BCUT2D eigenvalue weighted by atomic mass is 127. The third-order valence-electron chi connectivity index (χ3n) is 1.57. The molecule has 3 nitrogen and oxygen atoms in total. The van der Waals surface area contributed by atoms with E-state index in [2.05, 4.69) is 4.18 Å². The zero-order valence-electron chi connectivity index (χ0n) is 7.88. The molecule has 0 saturated heterocycles. The van der Waals surface area contributed by atoms with E-state index in [9.17, 15) is 21.6 Å². The molecular formula is C8H6F3IO3S. The maximum Gasteiger partial charge on any atom is 0.534 e. The molecule has 0 aliphatic rings. The lowest BCUT2D eigenvalue weighted by Crippen LogP contribution is -2.28. The molecule has 0 saturated carbocycles. The van der Waals surface area contributed by atoms with Gasteiger partial charge in [-0.1, -0.05) is 6.07 Å². The summed E-state index contributed by atoms with van der Waals surface area (Å²) >= 11 is 1.70. The largest absolute Gasteiger partial charge is 0.534 e. The van der Waals surface area contributed by atoms with E-state index < -0.39 is 15.6 Å². The van der Waals surface area contributed by atoms with Crippen molar-refractivity contribution in [1.29, 1.82) is 0 Å². The van der Waals surface area contributed by atoms with Gasteiger partial charge in [-0.3, -0.25) is 0 Å². The van der Waals surface area contributed by atoms with Gasteiger partial charge in [0.1, 0.15) is 0 Å². The molecule has 0 bridgehead atoms. The normalized spacial score (nSPS) is 12.6. The molecule has 0 aliphatic heterocycles. The predicted octanol–water partition coefficient (Wildman–Crippen LogP) is 2.83. The molecule has 0 fully saturated rings. The zero-order valence-corrected chi connectivity index (χ0v) is 10.9. The van der Waals surface area contributed by atoms with Crippen molar-refractivity contribution in [1.82, 2.24) is 0 Å². The SMILES string of the molecule is Cc1ccc(OS(=O)(=O)C(F)(F)F)c(I)c1. The van der Waals surface area contributed by atoms with E-state index in [-0.39, 0.29) is 5.75 Å². The molecule has 0 atom stereocenters.